The van der Waals surface area contributed by atoms with E-state index in [1.807, 2.05) is 11.7 Å². The van der Waals surface area contributed by atoms with Crippen LogP contribution < -0.4 is 5.32 Å². The molecule has 0 radical (unpaired) electrons. The van der Waals surface area contributed by atoms with Crippen molar-refractivity contribution >= 4 is 21.6 Å². The van der Waals surface area contributed by atoms with Crippen LogP contribution in [0, 0.1) is 13.8 Å². The quantitative estimate of drug-likeness (QED) is 0.923. The molecule has 0 aliphatic carbocycles. The zero-order valence-corrected chi connectivity index (χ0v) is 13.5. The van der Waals surface area contributed by atoms with E-state index in [0.29, 0.717) is 0 Å². The minimum absolute atomic E-state index is 0.774. The number of anilines is 1. The fraction of sp³-hybridized carbons (Fsp3) is 0.400. The number of nitrogens with one attached hydrogen (secondary N) is 1. The van der Waals surface area contributed by atoms with Gasteiger partial charge >= 0.3 is 0 Å². The van der Waals surface area contributed by atoms with Crippen LogP contribution in [-0.4, -0.2) is 9.78 Å². The maximum Gasteiger partial charge on any atom is 0.0767 e. The molecule has 0 saturated carbocycles. The molecule has 0 saturated heterocycles. The molecule has 0 atom stereocenters. The highest BCUT2D eigenvalue weighted by Gasteiger charge is 2.12. The molecule has 3 nitrogen and oxygen atoms in total. The van der Waals surface area contributed by atoms with Gasteiger partial charge in [-0.25, -0.2) is 0 Å². The van der Waals surface area contributed by atoms with Crippen molar-refractivity contribution in [2.24, 2.45) is 7.05 Å². The number of aromatic nitrogens is 2. The Morgan fingerprint density at radius 1 is 1.26 bits per heavy atom. The molecule has 4 heteroatoms. The number of hydrogen-bond acceptors (Lipinski definition) is 2. The highest BCUT2D eigenvalue weighted by molar-refractivity contribution is 9.10. The molecule has 2 rings (SSSR count). The standard InChI is InChI=1S/C15H20BrN3/c1-5-12-14(16)13(19(4)18-12)9-17-15-10(2)7-6-8-11(15)3/h6-8,17H,5,9H2,1-4H3. The molecule has 102 valence electrons. The summed E-state index contributed by atoms with van der Waals surface area (Å²) in [5.74, 6) is 0. The monoisotopic (exact) mass is 321 g/mol. The molecule has 1 heterocycles. The van der Waals surface area contributed by atoms with Crippen LogP contribution in [0.4, 0.5) is 5.69 Å². The van der Waals surface area contributed by atoms with Crippen molar-refractivity contribution in [1.29, 1.82) is 0 Å². The van der Waals surface area contributed by atoms with Gasteiger partial charge in [0.2, 0.25) is 0 Å². The predicted octanol–water partition coefficient (Wildman–Crippen LogP) is 3.97. The summed E-state index contributed by atoms with van der Waals surface area (Å²) in [6.45, 7) is 7.15. The Morgan fingerprint density at radius 2 is 1.89 bits per heavy atom. The number of rotatable bonds is 4. The molecule has 1 aromatic carbocycles. The van der Waals surface area contributed by atoms with Gasteiger partial charge in [-0.15, -0.1) is 0 Å². The third-order valence-electron chi connectivity index (χ3n) is 3.42. The van der Waals surface area contributed by atoms with Crippen molar-refractivity contribution < 1.29 is 0 Å². The number of para-hydroxylation sites is 1. The average molecular weight is 322 g/mol. The Kier molecular flexibility index (Phi) is 4.30. The second-order valence-electron chi connectivity index (χ2n) is 4.80. The van der Waals surface area contributed by atoms with Gasteiger partial charge in [-0.05, 0) is 47.3 Å². The van der Waals surface area contributed by atoms with Crippen LogP contribution in [0.1, 0.15) is 29.4 Å². The van der Waals surface area contributed by atoms with E-state index in [1.165, 1.54) is 22.5 Å². The van der Waals surface area contributed by atoms with Gasteiger partial charge in [0.25, 0.3) is 0 Å². The summed E-state index contributed by atoms with van der Waals surface area (Å²) in [6.07, 6.45) is 0.942. The van der Waals surface area contributed by atoms with Crippen LogP contribution in [0.25, 0.3) is 0 Å². The lowest BCUT2D eigenvalue weighted by Crippen LogP contribution is -2.07. The van der Waals surface area contributed by atoms with Crippen LogP contribution in [0.3, 0.4) is 0 Å². The van der Waals surface area contributed by atoms with Gasteiger partial charge in [-0.1, -0.05) is 25.1 Å². The van der Waals surface area contributed by atoms with Crippen molar-refractivity contribution in [2.75, 3.05) is 5.32 Å². The Hall–Kier alpha value is -1.29. The fourth-order valence-corrected chi connectivity index (χ4v) is 3.03. The summed E-state index contributed by atoms with van der Waals surface area (Å²) < 4.78 is 3.07. The van der Waals surface area contributed by atoms with E-state index in [4.69, 9.17) is 0 Å². The minimum atomic E-state index is 0.774. The number of nitrogens with zero attached hydrogens (tertiary/aromatic N) is 2. The summed E-state index contributed by atoms with van der Waals surface area (Å²) in [7, 11) is 1.99. The first kappa shape index (κ1) is 14.1. The van der Waals surface area contributed by atoms with Gasteiger partial charge in [0.1, 0.15) is 0 Å². The third-order valence-corrected chi connectivity index (χ3v) is 4.33. The van der Waals surface area contributed by atoms with Crippen LogP contribution >= 0.6 is 15.9 Å². The molecule has 0 bridgehead atoms. The minimum Gasteiger partial charge on any atom is -0.379 e. The summed E-state index contributed by atoms with van der Waals surface area (Å²) in [4.78, 5) is 0. The van der Waals surface area contributed by atoms with E-state index in [9.17, 15) is 0 Å². The smallest absolute Gasteiger partial charge is 0.0767 e. The van der Waals surface area contributed by atoms with Crippen molar-refractivity contribution in [3.05, 3.63) is 45.2 Å². The van der Waals surface area contributed by atoms with Crippen LogP contribution in [0.5, 0.6) is 0 Å². The Bertz CT molecular complexity index is 567. The van der Waals surface area contributed by atoms with E-state index >= 15 is 0 Å². The molecular formula is C15H20BrN3. The second-order valence-corrected chi connectivity index (χ2v) is 5.60. The van der Waals surface area contributed by atoms with E-state index in [2.05, 4.69) is 65.3 Å². The van der Waals surface area contributed by atoms with Gasteiger partial charge in [0.15, 0.2) is 0 Å². The molecule has 2 aromatic rings. The maximum atomic E-state index is 4.52. The number of benzene rings is 1. The van der Waals surface area contributed by atoms with E-state index in [-0.39, 0.29) is 0 Å². The zero-order valence-electron chi connectivity index (χ0n) is 11.9. The third kappa shape index (κ3) is 2.84. The van der Waals surface area contributed by atoms with Crippen LogP contribution in [0.2, 0.25) is 0 Å². The van der Waals surface area contributed by atoms with Gasteiger partial charge in [-0.2, -0.15) is 5.10 Å². The summed E-state index contributed by atoms with van der Waals surface area (Å²) in [5.41, 5.74) is 6.05. The molecule has 0 aliphatic heterocycles. The van der Waals surface area contributed by atoms with Gasteiger partial charge in [-0.3, -0.25) is 4.68 Å². The lowest BCUT2D eigenvalue weighted by molar-refractivity contribution is 0.706. The van der Waals surface area contributed by atoms with E-state index in [0.717, 1.165) is 23.1 Å². The SMILES string of the molecule is CCc1nn(C)c(CNc2c(C)cccc2C)c1Br. The molecule has 0 spiro atoms. The normalized spacial score (nSPS) is 10.8. The van der Waals surface area contributed by atoms with Crippen molar-refractivity contribution in [3.63, 3.8) is 0 Å². The van der Waals surface area contributed by atoms with Crippen LogP contribution in [0.15, 0.2) is 22.7 Å². The first-order chi connectivity index (χ1) is 9.04. The Labute approximate surface area is 123 Å². The molecule has 1 N–H and O–H groups in total. The number of hydrogen-bond donors (Lipinski definition) is 1. The molecule has 0 fully saturated rings. The lowest BCUT2D eigenvalue weighted by atomic mass is 10.1. The van der Waals surface area contributed by atoms with Crippen molar-refractivity contribution in [1.82, 2.24) is 9.78 Å². The molecule has 0 amide bonds. The Morgan fingerprint density at radius 3 is 2.42 bits per heavy atom. The molecule has 0 unspecified atom stereocenters. The van der Waals surface area contributed by atoms with Gasteiger partial charge in [0, 0.05) is 12.7 Å². The summed E-state index contributed by atoms with van der Waals surface area (Å²) >= 11 is 3.65. The van der Waals surface area contributed by atoms with Crippen molar-refractivity contribution in [2.45, 2.75) is 33.7 Å². The Balaban J connectivity index is 2.22. The largest absolute Gasteiger partial charge is 0.379 e. The lowest BCUT2D eigenvalue weighted by Gasteiger charge is -2.13. The predicted molar refractivity (Wildman–Crippen MR) is 83.5 cm³/mol. The van der Waals surface area contributed by atoms with Gasteiger partial charge < -0.3 is 5.32 Å². The maximum absolute atomic E-state index is 4.52. The topological polar surface area (TPSA) is 29.9 Å². The van der Waals surface area contributed by atoms with Crippen LogP contribution in [-0.2, 0) is 20.0 Å². The van der Waals surface area contributed by atoms with Gasteiger partial charge in [0.05, 0.1) is 22.4 Å². The zero-order chi connectivity index (χ0) is 14.0. The summed E-state index contributed by atoms with van der Waals surface area (Å²) in [6, 6.07) is 6.35. The average Bonchev–Trinajstić information content (AvgIpc) is 2.65. The second kappa shape index (κ2) is 5.78. The fourth-order valence-electron chi connectivity index (χ4n) is 2.28. The molecule has 19 heavy (non-hydrogen) atoms. The molecule has 1 aromatic heterocycles. The van der Waals surface area contributed by atoms with E-state index in [1.54, 1.807) is 0 Å². The first-order valence-corrected chi connectivity index (χ1v) is 7.34. The highest BCUT2D eigenvalue weighted by atomic mass is 79.9. The number of aryl methyl sites for hydroxylation is 4. The molecule has 0 aliphatic rings. The highest BCUT2D eigenvalue weighted by Crippen LogP contribution is 2.24. The number of halogens is 1. The van der Waals surface area contributed by atoms with Crippen molar-refractivity contribution in [3.8, 4) is 0 Å². The first-order valence-electron chi connectivity index (χ1n) is 6.55. The molecular weight excluding hydrogens is 302 g/mol. The summed E-state index contributed by atoms with van der Waals surface area (Å²) in [5, 5.41) is 8.04. The van der Waals surface area contributed by atoms with E-state index < -0.39 is 0 Å².